The van der Waals surface area contributed by atoms with Crippen molar-refractivity contribution < 1.29 is 0 Å². The van der Waals surface area contributed by atoms with Gasteiger partial charge in [0.1, 0.15) is 0 Å². The second-order valence-corrected chi connectivity index (χ2v) is 6.64. The summed E-state index contributed by atoms with van der Waals surface area (Å²) in [7, 11) is 0. The second-order valence-electron chi connectivity index (χ2n) is 5.32. The summed E-state index contributed by atoms with van der Waals surface area (Å²) in [5, 5.41) is 0. The summed E-state index contributed by atoms with van der Waals surface area (Å²) < 4.78 is 0. The van der Waals surface area contributed by atoms with E-state index in [0.717, 1.165) is 6.42 Å². The van der Waals surface area contributed by atoms with Gasteiger partial charge in [0.15, 0.2) is 0 Å². The number of nitrogens with two attached hydrogens (primary N) is 1. The molecule has 1 aromatic heterocycles. The van der Waals surface area contributed by atoms with Crippen LogP contribution >= 0.6 is 11.3 Å². The van der Waals surface area contributed by atoms with Crippen LogP contribution in [0.5, 0.6) is 0 Å². The summed E-state index contributed by atoms with van der Waals surface area (Å²) in [5.41, 5.74) is 6.20. The summed E-state index contributed by atoms with van der Waals surface area (Å²) in [6.07, 6.45) is 12.2. The molecule has 1 aromatic rings. The Morgan fingerprint density at radius 2 is 1.61 bits per heavy atom. The Hall–Kier alpha value is -0.340. The standard InChI is InChI=1S/C16H29NS/c1-3-4-5-6-7-8-9-10-11-15(17)16-13-12-14(2)18-16/h12-13,15H,3-11,17H2,1-2H3. The molecule has 0 fully saturated rings. The summed E-state index contributed by atoms with van der Waals surface area (Å²) >= 11 is 1.85. The van der Waals surface area contributed by atoms with E-state index in [9.17, 15) is 0 Å². The Kier molecular flexibility index (Phi) is 8.36. The van der Waals surface area contributed by atoms with Crippen molar-refractivity contribution in [2.45, 2.75) is 77.7 Å². The Bertz CT molecular complexity index is 306. The van der Waals surface area contributed by atoms with Gasteiger partial charge in [-0.3, -0.25) is 0 Å². The molecular weight excluding hydrogens is 238 g/mol. The molecule has 0 spiro atoms. The van der Waals surface area contributed by atoms with E-state index >= 15 is 0 Å². The average molecular weight is 267 g/mol. The molecule has 18 heavy (non-hydrogen) atoms. The third-order valence-corrected chi connectivity index (χ3v) is 4.63. The van der Waals surface area contributed by atoms with E-state index in [0.29, 0.717) is 0 Å². The fraction of sp³-hybridized carbons (Fsp3) is 0.750. The van der Waals surface area contributed by atoms with E-state index in [1.54, 1.807) is 0 Å². The first-order chi connectivity index (χ1) is 8.74. The zero-order valence-electron chi connectivity index (χ0n) is 12.1. The maximum atomic E-state index is 6.20. The molecule has 0 aliphatic heterocycles. The van der Waals surface area contributed by atoms with Gasteiger partial charge < -0.3 is 5.73 Å². The molecule has 0 saturated heterocycles. The predicted molar refractivity (Wildman–Crippen MR) is 83.2 cm³/mol. The number of hydrogen-bond donors (Lipinski definition) is 1. The monoisotopic (exact) mass is 267 g/mol. The van der Waals surface area contributed by atoms with Crippen LogP contribution in [0.3, 0.4) is 0 Å². The fourth-order valence-electron chi connectivity index (χ4n) is 2.29. The molecule has 0 bridgehead atoms. The van der Waals surface area contributed by atoms with Crippen molar-refractivity contribution in [2.24, 2.45) is 5.73 Å². The highest BCUT2D eigenvalue weighted by molar-refractivity contribution is 7.12. The Morgan fingerprint density at radius 1 is 1.00 bits per heavy atom. The summed E-state index contributed by atoms with van der Waals surface area (Å²) in [6, 6.07) is 4.63. The first-order valence-electron chi connectivity index (χ1n) is 7.56. The van der Waals surface area contributed by atoms with Crippen molar-refractivity contribution >= 4 is 11.3 Å². The summed E-state index contributed by atoms with van der Waals surface area (Å²) in [4.78, 5) is 2.73. The van der Waals surface area contributed by atoms with Gasteiger partial charge in [0.05, 0.1) is 0 Å². The Balaban J connectivity index is 1.97. The van der Waals surface area contributed by atoms with E-state index in [2.05, 4.69) is 26.0 Å². The van der Waals surface area contributed by atoms with Crippen molar-refractivity contribution in [2.75, 3.05) is 0 Å². The third kappa shape index (κ3) is 6.55. The van der Waals surface area contributed by atoms with E-state index < -0.39 is 0 Å². The molecule has 1 atom stereocenters. The number of rotatable bonds is 10. The molecule has 0 aliphatic carbocycles. The second kappa shape index (κ2) is 9.57. The van der Waals surface area contributed by atoms with Crippen LogP contribution < -0.4 is 5.73 Å². The minimum absolute atomic E-state index is 0.267. The number of hydrogen-bond acceptors (Lipinski definition) is 2. The first kappa shape index (κ1) is 15.7. The topological polar surface area (TPSA) is 26.0 Å². The minimum Gasteiger partial charge on any atom is -0.323 e. The molecule has 0 saturated carbocycles. The smallest absolute Gasteiger partial charge is 0.0389 e. The lowest BCUT2D eigenvalue weighted by Crippen LogP contribution is -2.08. The maximum Gasteiger partial charge on any atom is 0.0389 e. The third-order valence-electron chi connectivity index (χ3n) is 3.50. The largest absolute Gasteiger partial charge is 0.323 e. The zero-order valence-corrected chi connectivity index (χ0v) is 12.9. The van der Waals surface area contributed by atoms with Gasteiger partial charge in [-0.15, -0.1) is 11.3 Å². The fourth-order valence-corrected chi connectivity index (χ4v) is 3.21. The number of thiophene rings is 1. The van der Waals surface area contributed by atoms with Crippen LogP contribution in [-0.2, 0) is 0 Å². The van der Waals surface area contributed by atoms with Crippen LogP contribution in [0.4, 0.5) is 0 Å². The minimum atomic E-state index is 0.267. The normalized spacial score (nSPS) is 12.8. The van der Waals surface area contributed by atoms with Gasteiger partial charge in [-0.05, 0) is 25.5 Å². The van der Waals surface area contributed by atoms with Gasteiger partial charge in [-0.2, -0.15) is 0 Å². The predicted octanol–water partition coefficient (Wildman–Crippen LogP) is 5.59. The van der Waals surface area contributed by atoms with Crippen molar-refractivity contribution in [1.29, 1.82) is 0 Å². The Morgan fingerprint density at radius 3 is 2.17 bits per heavy atom. The van der Waals surface area contributed by atoms with Gasteiger partial charge in [0.2, 0.25) is 0 Å². The maximum absolute atomic E-state index is 6.20. The van der Waals surface area contributed by atoms with Gasteiger partial charge in [-0.1, -0.05) is 58.3 Å². The highest BCUT2D eigenvalue weighted by atomic mass is 32.1. The highest BCUT2D eigenvalue weighted by Crippen LogP contribution is 2.25. The number of unbranched alkanes of at least 4 members (excludes halogenated alkanes) is 7. The van der Waals surface area contributed by atoms with Crippen molar-refractivity contribution in [3.63, 3.8) is 0 Å². The molecule has 104 valence electrons. The molecule has 0 amide bonds. The van der Waals surface area contributed by atoms with Crippen molar-refractivity contribution in [3.05, 3.63) is 21.9 Å². The van der Waals surface area contributed by atoms with Crippen LogP contribution in [0.25, 0.3) is 0 Å². The molecule has 1 heterocycles. The molecule has 0 radical (unpaired) electrons. The lowest BCUT2D eigenvalue weighted by Gasteiger charge is -2.09. The van der Waals surface area contributed by atoms with Gasteiger partial charge >= 0.3 is 0 Å². The first-order valence-corrected chi connectivity index (χ1v) is 8.37. The van der Waals surface area contributed by atoms with E-state index in [-0.39, 0.29) is 6.04 Å². The molecular formula is C16H29NS. The highest BCUT2D eigenvalue weighted by Gasteiger charge is 2.07. The van der Waals surface area contributed by atoms with Crippen LogP contribution in [-0.4, -0.2) is 0 Å². The van der Waals surface area contributed by atoms with E-state index in [1.165, 1.54) is 61.1 Å². The Labute approximate surface area is 117 Å². The summed E-state index contributed by atoms with van der Waals surface area (Å²) in [5.74, 6) is 0. The quantitative estimate of drug-likeness (QED) is 0.550. The van der Waals surface area contributed by atoms with Crippen LogP contribution in [0.15, 0.2) is 12.1 Å². The molecule has 1 unspecified atom stereocenters. The average Bonchev–Trinajstić information content (AvgIpc) is 2.79. The van der Waals surface area contributed by atoms with Gasteiger partial charge in [0.25, 0.3) is 0 Å². The van der Waals surface area contributed by atoms with Crippen LogP contribution in [0.2, 0.25) is 0 Å². The molecule has 2 N–H and O–H groups in total. The number of aryl methyl sites for hydroxylation is 1. The van der Waals surface area contributed by atoms with Gasteiger partial charge in [-0.25, -0.2) is 0 Å². The van der Waals surface area contributed by atoms with E-state index in [1.807, 2.05) is 11.3 Å². The van der Waals surface area contributed by atoms with Crippen LogP contribution in [0, 0.1) is 6.92 Å². The molecule has 1 nitrogen and oxygen atoms in total. The lowest BCUT2D eigenvalue weighted by atomic mass is 10.0. The van der Waals surface area contributed by atoms with Crippen molar-refractivity contribution in [3.8, 4) is 0 Å². The van der Waals surface area contributed by atoms with Gasteiger partial charge in [0, 0.05) is 15.8 Å². The van der Waals surface area contributed by atoms with Crippen molar-refractivity contribution in [1.82, 2.24) is 0 Å². The molecule has 2 heteroatoms. The van der Waals surface area contributed by atoms with E-state index in [4.69, 9.17) is 5.73 Å². The zero-order chi connectivity index (χ0) is 13.2. The molecule has 0 aromatic carbocycles. The molecule has 0 aliphatic rings. The lowest BCUT2D eigenvalue weighted by molar-refractivity contribution is 0.539. The SMILES string of the molecule is CCCCCCCCCCC(N)c1ccc(C)s1. The van der Waals surface area contributed by atoms with Crippen LogP contribution in [0.1, 0.15) is 80.5 Å². The molecule has 1 rings (SSSR count). The summed E-state index contributed by atoms with van der Waals surface area (Å²) in [6.45, 7) is 4.42.